The maximum atomic E-state index is 11.8. The Morgan fingerprint density at radius 2 is 2.00 bits per heavy atom. The van der Waals surface area contributed by atoms with Crippen molar-refractivity contribution in [3.8, 4) is 0 Å². The van der Waals surface area contributed by atoms with E-state index in [-0.39, 0.29) is 25.5 Å². The molecule has 118 valence electrons. The van der Waals surface area contributed by atoms with Gasteiger partial charge in [0.15, 0.2) is 0 Å². The molecule has 0 aromatic rings. The highest BCUT2D eigenvalue weighted by Crippen LogP contribution is 2.22. The van der Waals surface area contributed by atoms with E-state index < -0.39 is 17.4 Å². The maximum absolute atomic E-state index is 11.8. The molecule has 0 fully saturated rings. The summed E-state index contributed by atoms with van der Waals surface area (Å²) < 4.78 is 5.16. The van der Waals surface area contributed by atoms with Crippen molar-refractivity contribution in [2.45, 2.75) is 26.4 Å². The smallest absolute Gasteiger partial charge is 0.249 e. The molecule has 0 radical (unpaired) electrons. The summed E-state index contributed by atoms with van der Waals surface area (Å²) in [7, 11) is 0. The average Bonchev–Trinajstić information content (AvgIpc) is 2.41. The van der Waals surface area contributed by atoms with E-state index in [1.165, 1.54) is 12.0 Å². The SMILES string of the molecule is CSOCC(C)(C)C(O)C(=O)NCCC(=O)NCCS. The summed E-state index contributed by atoms with van der Waals surface area (Å²) in [5.74, 6) is -0.0824. The third-order valence-corrected chi connectivity index (χ3v) is 3.20. The molecule has 3 N–H and O–H groups in total. The first kappa shape index (κ1) is 19.6. The van der Waals surface area contributed by atoms with Crippen LogP contribution in [0.4, 0.5) is 0 Å². The largest absolute Gasteiger partial charge is 0.383 e. The molecule has 6 nitrogen and oxygen atoms in total. The normalized spacial score (nSPS) is 12.8. The summed E-state index contributed by atoms with van der Waals surface area (Å²) in [6.07, 6.45) is 0.759. The van der Waals surface area contributed by atoms with Crippen molar-refractivity contribution in [3.05, 3.63) is 0 Å². The quantitative estimate of drug-likeness (QED) is 0.341. The molecular formula is C12H24N2O4S2. The number of aliphatic hydroxyl groups excluding tert-OH is 1. The van der Waals surface area contributed by atoms with E-state index in [2.05, 4.69) is 23.3 Å². The van der Waals surface area contributed by atoms with Gasteiger partial charge in [-0.2, -0.15) is 12.6 Å². The highest BCUT2D eigenvalue weighted by atomic mass is 32.2. The maximum Gasteiger partial charge on any atom is 0.249 e. The summed E-state index contributed by atoms with van der Waals surface area (Å²) >= 11 is 5.16. The second-order valence-corrected chi connectivity index (χ2v) is 5.95. The molecule has 0 bridgehead atoms. The second kappa shape index (κ2) is 10.3. The van der Waals surface area contributed by atoms with E-state index in [0.29, 0.717) is 12.3 Å². The number of carbonyl (C=O) groups is 2. The zero-order valence-corrected chi connectivity index (χ0v) is 13.9. The zero-order valence-electron chi connectivity index (χ0n) is 12.1. The van der Waals surface area contributed by atoms with Gasteiger partial charge in [0.05, 0.1) is 6.61 Å². The lowest BCUT2D eigenvalue weighted by molar-refractivity contribution is -0.136. The van der Waals surface area contributed by atoms with Crippen LogP contribution in [0.5, 0.6) is 0 Å². The van der Waals surface area contributed by atoms with E-state index in [9.17, 15) is 14.7 Å². The van der Waals surface area contributed by atoms with Gasteiger partial charge in [0.1, 0.15) is 6.10 Å². The Hall–Kier alpha value is -0.440. The Bertz CT molecular complexity index is 314. The molecule has 0 aromatic carbocycles. The molecule has 0 aliphatic carbocycles. The molecule has 0 heterocycles. The van der Waals surface area contributed by atoms with Crippen LogP contribution < -0.4 is 10.6 Å². The van der Waals surface area contributed by atoms with E-state index in [0.717, 1.165) is 0 Å². The van der Waals surface area contributed by atoms with Gasteiger partial charge in [-0.1, -0.05) is 13.8 Å². The summed E-state index contributed by atoms with van der Waals surface area (Å²) in [4.78, 5) is 23.1. The van der Waals surface area contributed by atoms with Gasteiger partial charge in [0.2, 0.25) is 11.8 Å². The van der Waals surface area contributed by atoms with Gasteiger partial charge in [-0.3, -0.25) is 9.59 Å². The number of carbonyl (C=O) groups excluding carboxylic acids is 2. The number of amides is 2. The Morgan fingerprint density at radius 3 is 2.55 bits per heavy atom. The van der Waals surface area contributed by atoms with E-state index in [1.807, 2.05) is 0 Å². The van der Waals surface area contributed by atoms with Crippen LogP contribution in [0.25, 0.3) is 0 Å². The van der Waals surface area contributed by atoms with Crippen molar-refractivity contribution in [1.29, 1.82) is 0 Å². The summed E-state index contributed by atoms with van der Waals surface area (Å²) in [6, 6.07) is 0. The monoisotopic (exact) mass is 324 g/mol. The first-order valence-electron chi connectivity index (χ1n) is 6.34. The van der Waals surface area contributed by atoms with Crippen molar-refractivity contribution >= 4 is 36.5 Å². The molecule has 2 amide bonds. The number of rotatable bonds is 10. The zero-order chi connectivity index (χ0) is 15.6. The van der Waals surface area contributed by atoms with Crippen LogP contribution in [0, 0.1) is 5.41 Å². The average molecular weight is 324 g/mol. The van der Waals surface area contributed by atoms with E-state index in [1.54, 1.807) is 20.1 Å². The van der Waals surface area contributed by atoms with Gasteiger partial charge in [0.25, 0.3) is 0 Å². The minimum atomic E-state index is -1.19. The molecule has 0 saturated carbocycles. The standard InChI is InChI=1S/C12H24N2O4S2/c1-12(2,8-18-20-3)10(16)11(17)14-5-4-9(15)13-6-7-19/h10,16,19H,4-8H2,1-3H3,(H,13,15)(H,14,17). The minimum Gasteiger partial charge on any atom is -0.383 e. The van der Waals surface area contributed by atoms with Crippen LogP contribution in [-0.4, -0.2) is 54.7 Å². The van der Waals surface area contributed by atoms with E-state index >= 15 is 0 Å². The fourth-order valence-corrected chi connectivity index (χ4v) is 1.86. The number of thiol groups is 1. The van der Waals surface area contributed by atoms with Gasteiger partial charge in [-0.15, -0.1) is 0 Å². The Balaban J connectivity index is 4.04. The molecule has 8 heteroatoms. The van der Waals surface area contributed by atoms with Gasteiger partial charge in [-0.25, -0.2) is 0 Å². The van der Waals surface area contributed by atoms with Gasteiger partial charge >= 0.3 is 0 Å². The fourth-order valence-electron chi connectivity index (χ4n) is 1.32. The molecule has 1 atom stereocenters. The third-order valence-electron chi connectivity index (χ3n) is 2.62. The van der Waals surface area contributed by atoms with Crippen LogP contribution in [0.15, 0.2) is 0 Å². The summed E-state index contributed by atoms with van der Waals surface area (Å²) in [6.45, 7) is 4.43. The Kier molecular flexibility index (Phi) is 10.1. The fraction of sp³-hybridized carbons (Fsp3) is 0.833. The first-order chi connectivity index (χ1) is 9.35. The molecule has 0 saturated heterocycles. The highest BCUT2D eigenvalue weighted by molar-refractivity contribution is 7.93. The van der Waals surface area contributed by atoms with Crippen molar-refractivity contribution in [2.75, 3.05) is 31.7 Å². The second-order valence-electron chi connectivity index (χ2n) is 4.93. The predicted octanol–water partition coefficient (Wildman–Crippen LogP) is 0.220. The topological polar surface area (TPSA) is 87.7 Å². The highest BCUT2D eigenvalue weighted by Gasteiger charge is 2.33. The third kappa shape index (κ3) is 7.98. The van der Waals surface area contributed by atoms with Crippen molar-refractivity contribution < 1.29 is 18.9 Å². The number of hydrogen-bond donors (Lipinski definition) is 4. The molecular weight excluding hydrogens is 300 g/mol. The minimum absolute atomic E-state index is 0.154. The van der Waals surface area contributed by atoms with Crippen LogP contribution in [0.3, 0.4) is 0 Å². The molecule has 0 aliphatic rings. The predicted molar refractivity (Wildman–Crippen MR) is 83.7 cm³/mol. The molecule has 0 aromatic heterocycles. The molecule has 0 spiro atoms. The molecule has 0 aliphatic heterocycles. The Morgan fingerprint density at radius 1 is 1.35 bits per heavy atom. The number of aliphatic hydroxyl groups is 1. The first-order valence-corrected chi connectivity index (χ1v) is 8.12. The van der Waals surface area contributed by atoms with Crippen molar-refractivity contribution in [3.63, 3.8) is 0 Å². The van der Waals surface area contributed by atoms with Crippen molar-refractivity contribution in [1.82, 2.24) is 10.6 Å². The molecule has 0 rings (SSSR count). The lowest BCUT2D eigenvalue weighted by Crippen LogP contribution is -2.46. The molecule has 1 unspecified atom stereocenters. The summed E-state index contributed by atoms with van der Waals surface area (Å²) in [5.41, 5.74) is -0.693. The number of hydrogen-bond acceptors (Lipinski definition) is 6. The van der Waals surface area contributed by atoms with Crippen molar-refractivity contribution in [2.24, 2.45) is 5.41 Å². The van der Waals surface area contributed by atoms with Gasteiger partial charge < -0.3 is 19.9 Å². The van der Waals surface area contributed by atoms with Crippen LogP contribution in [0.2, 0.25) is 0 Å². The summed E-state index contributed by atoms with van der Waals surface area (Å²) in [5, 5.41) is 15.1. The van der Waals surface area contributed by atoms with Crippen LogP contribution >= 0.6 is 24.7 Å². The number of nitrogens with one attached hydrogen (secondary N) is 2. The van der Waals surface area contributed by atoms with Gasteiger partial charge in [0, 0.05) is 36.9 Å². The lowest BCUT2D eigenvalue weighted by Gasteiger charge is -2.28. The van der Waals surface area contributed by atoms with E-state index in [4.69, 9.17) is 4.18 Å². The van der Waals surface area contributed by atoms with Crippen LogP contribution in [-0.2, 0) is 13.8 Å². The molecule has 20 heavy (non-hydrogen) atoms. The lowest BCUT2D eigenvalue weighted by atomic mass is 9.87. The van der Waals surface area contributed by atoms with Crippen LogP contribution in [0.1, 0.15) is 20.3 Å². The van der Waals surface area contributed by atoms with Gasteiger partial charge in [-0.05, 0) is 12.0 Å². The Labute approximate surface area is 130 Å².